The molecule has 9 heteroatoms. The number of nitrogens with zero attached hydrogens (tertiary/aromatic N) is 2. The highest BCUT2D eigenvalue weighted by Crippen LogP contribution is 2.42. The molecule has 0 radical (unpaired) electrons. The summed E-state index contributed by atoms with van der Waals surface area (Å²) in [7, 11) is 1.58. The molecule has 1 saturated heterocycles. The van der Waals surface area contributed by atoms with E-state index < -0.39 is 23.1 Å². The Morgan fingerprint density at radius 3 is 2.46 bits per heavy atom. The second-order valence-corrected chi connectivity index (χ2v) is 10.3. The smallest absolute Gasteiger partial charge is 0.245 e. The first-order valence-corrected chi connectivity index (χ1v) is 13.5. The van der Waals surface area contributed by atoms with E-state index in [-0.39, 0.29) is 43.3 Å². The van der Waals surface area contributed by atoms with Gasteiger partial charge in [-0.25, -0.2) is 13.8 Å². The number of hydrogen-bond acceptors (Lipinski definition) is 4. The Morgan fingerprint density at radius 1 is 1.13 bits per heavy atom. The highest BCUT2D eigenvalue weighted by atomic mass is 19.1. The van der Waals surface area contributed by atoms with E-state index in [1.165, 1.54) is 18.2 Å². The zero-order valence-electron chi connectivity index (χ0n) is 22.5. The Balaban J connectivity index is 1.51. The van der Waals surface area contributed by atoms with E-state index in [0.29, 0.717) is 18.6 Å². The fourth-order valence-electron chi connectivity index (χ4n) is 5.35. The van der Waals surface area contributed by atoms with Crippen molar-refractivity contribution >= 4 is 11.8 Å². The van der Waals surface area contributed by atoms with Gasteiger partial charge in [-0.15, -0.1) is 0 Å². The van der Waals surface area contributed by atoms with Crippen molar-refractivity contribution in [2.24, 2.45) is 0 Å². The number of benzene rings is 2. The van der Waals surface area contributed by atoms with Gasteiger partial charge in [0, 0.05) is 48.8 Å². The van der Waals surface area contributed by atoms with Gasteiger partial charge in [-0.3, -0.25) is 9.59 Å². The third kappa shape index (κ3) is 6.82. The van der Waals surface area contributed by atoms with Crippen LogP contribution in [-0.2, 0) is 27.8 Å². The van der Waals surface area contributed by atoms with Gasteiger partial charge >= 0.3 is 0 Å². The lowest BCUT2D eigenvalue weighted by molar-refractivity contribution is -0.143. The number of H-pyrrole nitrogens is 1. The van der Waals surface area contributed by atoms with Crippen molar-refractivity contribution in [1.29, 1.82) is 0 Å². The van der Waals surface area contributed by atoms with Crippen molar-refractivity contribution in [3.8, 4) is 5.75 Å². The Hall–Kier alpha value is -3.75. The number of halogens is 2. The number of carbonyl (C=O) groups is 2. The molecule has 1 aliphatic rings. The number of rotatable bonds is 13. The molecule has 0 bridgehead atoms. The van der Waals surface area contributed by atoms with Crippen LogP contribution in [-0.4, -0.2) is 52.9 Å². The molecule has 0 spiro atoms. The molecule has 2 heterocycles. The number of unbranched alkanes of at least 4 members (excludes halogenated alkanes) is 2. The van der Waals surface area contributed by atoms with Crippen LogP contribution in [0.15, 0.2) is 55.0 Å². The highest BCUT2D eigenvalue weighted by Gasteiger charge is 2.49. The molecule has 0 saturated carbocycles. The van der Waals surface area contributed by atoms with Crippen molar-refractivity contribution in [2.45, 2.75) is 63.3 Å². The fraction of sp³-hybridized carbons (Fsp3) is 0.433. The molecule has 3 aromatic rings. The van der Waals surface area contributed by atoms with Crippen LogP contribution in [0.1, 0.15) is 55.8 Å². The SMILES string of the molecule is CCCCCC1(c2c(F)cccc2F)CN(C(=O)C(Cc2ccc(OC)cc2)NC(=O)CCc2cnc[nH]2)C1. The van der Waals surface area contributed by atoms with E-state index in [4.69, 9.17) is 4.74 Å². The molecule has 2 aromatic carbocycles. The van der Waals surface area contributed by atoms with E-state index in [0.717, 1.165) is 30.5 Å². The van der Waals surface area contributed by atoms with Gasteiger partial charge in [-0.2, -0.15) is 0 Å². The zero-order valence-corrected chi connectivity index (χ0v) is 22.5. The van der Waals surface area contributed by atoms with E-state index >= 15 is 0 Å². The van der Waals surface area contributed by atoms with Crippen LogP contribution >= 0.6 is 0 Å². The second kappa shape index (κ2) is 12.9. The summed E-state index contributed by atoms with van der Waals surface area (Å²) in [4.78, 5) is 35.1. The molecule has 2 N–H and O–H groups in total. The summed E-state index contributed by atoms with van der Waals surface area (Å²) in [5, 5.41) is 2.90. The Bertz CT molecular complexity index is 1220. The summed E-state index contributed by atoms with van der Waals surface area (Å²) in [6.07, 6.45) is 7.47. The molecule has 1 fully saturated rings. The third-order valence-corrected chi connectivity index (χ3v) is 7.46. The van der Waals surface area contributed by atoms with Gasteiger partial charge in [-0.1, -0.05) is 44.4 Å². The molecule has 0 aliphatic carbocycles. The summed E-state index contributed by atoms with van der Waals surface area (Å²) in [6, 6.07) is 10.4. The van der Waals surface area contributed by atoms with Crippen LogP contribution in [0, 0.1) is 11.6 Å². The van der Waals surface area contributed by atoms with Crippen molar-refractivity contribution < 1.29 is 23.1 Å². The first-order chi connectivity index (χ1) is 18.8. The number of nitrogens with one attached hydrogen (secondary N) is 2. The maximum Gasteiger partial charge on any atom is 0.245 e. The Kier molecular flexibility index (Phi) is 9.32. The van der Waals surface area contributed by atoms with Gasteiger partial charge in [0.1, 0.15) is 23.4 Å². The molecule has 1 aromatic heterocycles. The van der Waals surface area contributed by atoms with E-state index in [9.17, 15) is 18.4 Å². The highest BCUT2D eigenvalue weighted by molar-refractivity contribution is 5.88. The molecular formula is C30H36F2N4O3. The van der Waals surface area contributed by atoms with Gasteiger partial charge in [-0.05, 0) is 42.7 Å². The van der Waals surface area contributed by atoms with Crippen LogP contribution in [0.25, 0.3) is 0 Å². The van der Waals surface area contributed by atoms with E-state index in [2.05, 4.69) is 22.2 Å². The number of aryl methyl sites for hydroxylation is 1. The number of amides is 2. The van der Waals surface area contributed by atoms with Gasteiger partial charge in [0.05, 0.1) is 13.4 Å². The van der Waals surface area contributed by atoms with Crippen LogP contribution < -0.4 is 10.1 Å². The lowest BCUT2D eigenvalue weighted by Gasteiger charge is -2.51. The third-order valence-electron chi connectivity index (χ3n) is 7.46. The molecule has 1 aliphatic heterocycles. The van der Waals surface area contributed by atoms with E-state index in [1.807, 2.05) is 12.1 Å². The average molecular weight is 539 g/mol. The van der Waals surface area contributed by atoms with Crippen LogP contribution in [0.4, 0.5) is 8.78 Å². The number of aromatic amines is 1. The second-order valence-electron chi connectivity index (χ2n) is 10.3. The monoisotopic (exact) mass is 538 g/mol. The zero-order chi connectivity index (χ0) is 27.8. The number of carbonyl (C=O) groups excluding carboxylic acids is 2. The minimum Gasteiger partial charge on any atom is -0.497 e. The van der Waals surface area contributed by atoms with Crippen molar-refractivity contribution in [2.75, 3.05) is 20.2 Å². The summed E-state index contributed by atoms with van der Waals surface area (Å²) < 4.78 is 35.0. The number of likely N-dealkylation sites (tertiary alicyclic amines) is 1. The van der Waals surface area contributed by atoms with Gasteiger partial charge in [0.2, 0.25) is 11.8 Å². The standard InChI is InChI=1S/C30H36F2N4O3/c1-3-4-5-15-30(28-24(31)7-6-8-25(28)32)18-36(19-30)29(38)26(16-21-9-12-23(39-2)13-10-21)35-27(37)14-11-22-17-33-20-34-22/h6-10,12-13,17,20,26H,3-5,11,14-16,18-19H2,1-2H3,(H,33,34)(H,35,37). The number of imidazole rings is 1. The van der Waals surface area contributed by atoms with Crippen molar-refractivity contribution in [3.63, 3.8) is 0 Å². The van der Waals surface area contributed by atoms with Gasteiger partial charge < -0.3 is 19.9 Å². The first kappa shape index (κ1) is 28.3. The van der Waals surface area contributed by atoms with Gasteiger partial charge in [0.15, 0.2) is 0 Å². The first-order valence-electron chi connectivity index (χ1n) is 13.5. The molecule has 39 heavy (non-hydrogen) atoms. The lowest BCUT2D eigenvalue weighted by Crippen LogP contribution is -2.65. The maximum absolute atomic E-state index is 14.9. The van der Waals surface area contributed by atoms with Crippen molar-refractivity contribution in [3.05, 3.63) is 83.4 Å². The lowest BCUT2D eigenvalue weighted by atomic mass is 9.69. The van der Waals surface area contributed by atoms with Crippen molar-refractivity contribution in [1.82, 2.24) is 20.2 Å². The summed E-state index contributed by atoms with van der Waals surface area (Å²) >= 11 is 0. The topological polar surface area (TPSA) is 87.3 Å². The molecule has 1 unspecified atom stereocenters. The number of ether oxygens (including phenoxy) is 1. The molecule has 4 rings (SSSR count). The van der Waals surface area contributed by atoms with E-state index in [1.54, 1.807) is 36.7 Å². The predicted molar refractivity (Wildman–Crippen MR) is 144 cm³/mol. The molecular weight excluding hydrogens is 502 g/mol. The molecule has 208 valence electrons. The minimum atomic E-state index is -0.813. The number of hydrogen-bond donors (Lipinski definition) is 2. The Morgan fingerprint density at radius 2 is 1.85 bits per heavy atom. The Labute approximate surface area is 228 Å². The molecule has 2 amide bonds. The molecule has 1 atom stereocenters. The normalized spacial score (nSPS) is 14.9. The summed E-state index contributed by atoms with van der Waals surface area (Å²) in [5.41, 5.74) is 0.961. The maximum atomic E-state index is 14.9. The summed E-state index contributed by atoms with van der Waals surface area (Å²) in [6.45, 7) is 2.48. The predicted octanol–water partition coefficient (Wildman–Crippen LogP) is 4.72. The van der Waals surface area contributed by atoms with Crippen LogP contribution in [0.2, 0.25) is 0 Å². The number of methoxy groups -OCH3 is 1. The van der Waals surface area contributed by atoms with Crippen LogP contribution in [0.3, 0.4) is 0 Å². The summed E-state index contributed by atoms with van der Waals surface area (Å²) in [5.74, 6) is -0.993. The fourth-order valence-corrected chi connectivity index (χ4v) is 5.35. The molecule has 7 nitrogen and oxygen atoms in total. The van der Waals surface area contributed by atoms with Crippen LogP contribution in [0.5, 0.6) is 5.75 Å². The number of aromatic nitrogens is 2. The largest absolute Gasteiger partial charge is 0.497 e. The minimum absolute atomic E-state index is 0.0560. The quantitative estimate of drug-likeness (QED) is 0.309. The average Bonchev–Trinajstić information content (AvgIpc) is 3.43. The van der Waals surface area contributed by atoms with Gasteiger partial charge in [0.25, 0.3) is 0 Å².